The Hall–Kier alpha value is -1.23. The van der Waals surface area contributed by atoms with E-state index in [1.165, 1.54) is 19.3 Å². The summed E-state index contributed by atoms with van der Waals surface area (Å²) in [5.74, 6) is 1.70. The van der Waals surface area contributed by atoms with Gasteiger partial charge in [0, 0.05) is 12.6 Å². The van der Waals surface area contributed by atoms with Gasteiger partial charge in [-0.2, -0.15) is 5.10 Å². The molecule has 0 spiro atoms. The van der Waals surface area contributed by atoms with Crippen molar-refractivity contribution >= 4 is 23.0 Å². The number of nitrogens with zero attached hydrogens (tertiary/aromatic N) is 3. The Balaban J connectivity index is 1.97. The quantitative estimate of drug-likeness (QED) is 0.777. The highest BCUT2D eigenvalue weighted by Crippen LogP contribution is 2.40. The summed E-state index contributed by atoms with van der Waals surface area (Å²) in [7, 11) is 0. The van der Waals surface area contributed by atoms with Crippen molar-refractivity contribution in [3.63, 3.8) is 0 Å². The second-order valence-electron chi connectivity index (χ2n) is 4.62. The van der Waals surface area contributed by atoms with Gasteiger partial charge in [-0.15, -0.1) is 5.10 Å². The van der Waals surface area contributed by atoms with Crippen molar-refractivity contribution in [3.8, 4) is 0 Å². The first-order chi connectivity index (χ1) is 7.75. The maximum Gasteiger partial charge on any atom is 0.161 e. The largest absolute Gasteiger partial charge is 0.389 e. The van der Waals surface area contributed by atoms with E-state index in [0.717, 1.165) is 23.8 Å². The fraction of sp³-hybridized carbons (Fsp3) is 0.545. The van der Waals surface area contributed by atoms with Gasteiger partial charge in [0.1, 0.15) is 4.99 Å². The van der Waals surface area contributed by atoms with Crippen molar-refractivity contribution in [2.75, 3.05) is 11.4 Å². The van der Waals surface area contributed by atoms with Gasteiger partial charge in [0.25, 0.3) is 0 Å². The third-order valence-corrected chi connectivity index (χ3v) is 3.87. The smallest absolute Gasteiger partial charge is 0.161 e. The fourth-order valence-electron chi connectivity index (χ4n) is 2.91. The Bertz CT molecular complexity index is 434. The van der Waals surface area contributed by atoms with E-state index in [2.05, 4.69) is 15.1 Å². The molecule has 3 rings (SSSR count). The molecule has 1 aliphatic carbocycles. The monoisotopic (exact) mass is 234 g/mol. The van der Waals surface area contributed by atoms with E-state index in [1.54, 1.807) is 6.20 Å². The molecule has 1 aromatic heterocycles. The molecule has 0 radical (unpaired) electrons. The third kappa shape index (κ3) is 1.46. The summed E-state index contributed by atoms with van der Waals surface area (Å²) < 4.78 is 0. The number of nitrogens with two attached hydrogens (primary N) is 1. The summed E-state index contributed by atoms with van der Waals surface area (Å²) in [6.45, 7) is 1.08. The van der Waals surface area contributed by atoms with Gasteiger partial charge in [0.15, 0.2) is 5.82 Å². The minimum Gasteiger partial charge on any atom is -0.389 e. The topological polar surface area (TPSA) is 55.0 Å². The van der Waals surface area contributed by atoms with Crippen LogP contribution in [-0.4, -0.2) is 27.8 Å². The van der Waals surface area contributed by atoms with Crippen LogP contribution in [0.25, 0.3) is 0 Å². The molecule has 2 unspecified atom stereocenters. The predicted molar refractivity (Wildman–Crippen MR) is 66.4 cm³/mol. The summed E-state index contributed by atoms with van der Waals surface area (Å²) in [6, 6.07) is 2.48. The zero-order valence-corrected chi connectivity index (χ0v) is 9.78. The van der Waals surface area contributed by atoms with Crippen LogP contribution in [0.3, 0.4) is 0 Å². The lowest BCUT2D eigenvalue weighted by Crippen LogP contribution is -2.34. The van der Waals surface area contributed by atoms with Crippen LogP contribution in [0, 0.1) is 5.92 Å². The van der Waals surface area contributed by atoms with E-state index in [9.17, 15) is 0 Å². The Kier molecular flexibility index (Phi) is 2.28. The van der Waals surface area contributed by atoms with Crippen LogP contribution in [0.15, 0.2) is 12.3 Å². The summed E-state index contributed by atoms with van der Waals surface area (Å²) in [4.78, 5) is 2.74. The Morgan fingerprint density at radius 1 is 1.50 bits per heavy atom. The van der Waals surface area contributed by atoms with Gasteiger partial charge >= 0.3 is 0 Å². The third-order valence-electron chi connectivity index (χ3n) is 3.65. The molecule has 1 saturated carbocycles. The molecule has 2 bridgehead atoms. The van der Waals surface area contributed by atoms with Gasteiger partial charge in [-0.05, 0) is 31.2 Å². The molecular formula is C11H14N4S. The zero-order valence-electron chi connectivity index (χ0n) is 8.97. The van der Waals surface area contributed by atoms with Crippen LogP contribution in [0.1, 0.15) is 24.8 Å². The van der Waals surface area contributed by atoms with Gasteiger partial charge in [0.2, 0.25) is 0 Å². The molecule has 84 valence electrons. The Labute approximate surface area is 99.8 Å². The first-order valence-corrected chi connectivity index (χ1v) is 6.04. The first kappa shape index (κ1) is 9.96. The maximum absolute atomic E-state index is 5.72. The van der Waals surface area contributed by atoms with Crippen LogP contribution >= 0.6 is 12.2 Å². The predicted octanol–water partition coefficient (Wildman–Crippen LogP) is 1.10. The molecule has 1 aliphatic heterocycles. The molecule has 0 aromatic carbocycles. The second-order valence-corrected chi connectivity index (χ2v) is 5.06. The van der Waals surface area contributed by atoms with Gasteiger partial charge < -0.3 is 10.6 Å². The number of fused-ring (bicyclic) bond motifs is 2. The van der Waals surface area contributed by atoms with Gasteiger partial charge in [0.05, 0.1) is 11.8 Å². The lowest BCUT2D eigenvalue weighted by atomic mass is 10.1. The average molecular weight is 234 g/mol. The highest BCUT2D eigenvalue weighted by atomic mass is 32.1. The summed E-state index contributed by atoms with van der Waals surface area (Å²) in [5.41, 5.74) is 6.58. The zero-order chi connectivity index (χ0) is 11.1. The molecule has 5 heteroatoms. The molecule has 0 amide bonds. The summed E-state index contributed by atoms with van der Waals surface area (Å²) >= 11 is 5.05. The molecule has 2 atom stereocenters. The van der Waals surface area contributed by atoms with Crippen molar-refractivity contribution in [3.05, 3.63) is 17.8 Å². The molecule has 2 N–H and O–H groups in total. The number of rotatable bonds is 2. The lowest BCUT2D eigenvalue weighted by Gasteiger charge is -2.28. The number of piperidine rings is 1. The first-order valence-electron chi connectivity index (χ1n) is 5.64. The fourth-order valence-corrected chi connectivity index (χ4v) is 3.07. The SMILES string of the molecule is NC(=S)c1ccnnc1N1CC2CCC1C2. The lowest BCUT2D eigenvalue weighted by molar-refractivity contribution is 0.548. The van der Waals surface area contributed by atoms with Crippen LogP contribution in [-0.2, 0) is 0 Å². The molecule has 2 fully saturated rings. The van der Waals surface area contributed by atoms with E-state index >= 15 is 0 Å². The molecule has 1 saturated heterocycles. The average Bonchev–Trinajstić information content (AvgIpc) is 2.90. The summed E-state index contributed by atoms with van der Waals surface area (Å²) in [5, 5.41) is 8.16. The summed E-state index contributed by atoms with van der Waals surface area (Å²) in [6.07, 6.45) is 5.54. The van der Waals surface area contributed by atoms with Gasteiger partial charge in [-0.1, -0.05) is 12.2 Å². The number of hydrogen-bond acceptors (Lipinski definition) is 4. The molecule has 1 aromatic rings. The Morgan fingerprint density at radius 3 is 3.00 bits per heavy atom. The van der Waals surface area contributed by atoms with E-state index < -0.39 is 0 Å². The number of anilines is 1. The van der Waals surface area contributed by atoms with Crippen molar-refractivity contribution in [2.45, 2.75) is 25.3 Å². The van der Waals surface area contributed by atoms with Crippen molar-refractivity contribution in [1.82, 2.24) is 10.2 Å². The molecule has 2 aliphatic rings. The van der Waals surface area contributed by atoms with Crippen LogP contribution in [0.4, 0.5) is 5.82 Å². The highest BCUT2D eigenvalue weighted by Gasteiger charge is 2.39. The van der Waals surface area contributed by atoms with Gasteiger partial charge in [-0.25, -0.2) is 0 Å². The van der Waals surface area contributed by atoms with Crippen molar-refractivity contribution in [1.29, 1.82) is 0 Å². The normalized spacial score (nSPS) is 27.4. The van der Waals surface area contributed by atoms with Crippen molar-refractivity contribution in [2.24, 2.45) is 11.7 Å². The molecule has 16 heavy (non-hydrogen) atoms. The van der Waals surface area contributed by atoms with E-state index in [-0.39, 0.29) is 0 Å². The molecular weight excluding hydrogens is 220 g/mol. The van der Waals surface area contributed by atoms with Crippen LogP contribution in [0.5, 0.6) is 0 Å². The second kappa shape index (κ2) is 3.66. The van der Waals surface area contributed by atoms with Gasteiger partial charge in [-0.3, -0.25) is 0 Å². The number of hydrogen-bond donors (Lipinski definition) is 1. The molecule has 2 heterocycles. The van der Waals surface area contributed by atoms with Crippen molar-refractivity contribution < 1.29 is 0 Å². The van der Waals surface area contributed by atoms with E-state index in [4.69, 9.17) is 18.0 Å². The van der Waals surface area contributed by atoms with Crippen LogP contribution in [0.2, 0.25) is 0 Å². The number of aromatic nitrogens is 2. The number of thiocarbonyl (C=S) groups is 1. The minimum atomic E-state index is 0.410. The standard InChI is InChI=1S/C11H14N4S/c12-10(16)9-3-4-13-14-11(9)15-6-7-1-2-8(15)5-7/h3-4,7-8H,1-2,5-6H2,(H2,12,16). The van der Waals surface area contributed by atoms with Crippen LogP contribution < -0.4 is 10.6 Å². The Morgan fingerprint density at radius 2 is 2.38 bits per heavy atom. The van der Waals surface area contributed by atoms with E-state index in [1.807, 2.05) is 6.07 Å². The highest BCUT2D eigenvalue weighted by molar-refractivity contribution is 7.80. The van der Waals surface area contributed by atoms with E-state index in [0.29, 0.717) is 11.0 Å². The molecule has 4 nitrogen and oxygen atoms in total. The minimum absolute atomic E-state index is 0.410. The maximum atomic E-state index is 5.72.